The highest BCUT2D eigenvalue weighted by atomic mass is 32.2. The van der Waals surface area contributed by atoms with Crippen LogP contribution in [0.2, 0.25) is 0 Å². The largest absolute Gasteiger partial charge is 0.358 e. The van der Waals surface area contributed by atoms with Gasteiger partial charge in [-0.1, -0.05) is 6.92 Å². The van der Waals surface area contributed by atoms with Crippen LogP contribution in [0.4, 0.5) is 27.6 Å². The Balaban J connectivity index is 1.67. The number of aromatic nitrogens is 1. The van der Waals surface area contributed by atoms with E-state index in [1.54, 1.807) is 13.8 Å². The van der Waals surface area contributed by atoms with Crippen molar-refractivity contribution in [2.24, 2.45) is 0 Å². The van der Waals surface area contributed by atoms with E-state index in [1.807, 2.05) is 18.9 Å². The predicted molar refractivity (Wildman–Crippen MR) is 146 cm³/mol. The summed E-state index contributed by atoms with van der Waals surface area (Å²) in [6.45, 7) is 7.25. The van der Waals surface area contributed by atoms with Gasteiger partial charge in [-0.15, -0.1) is 0 Å². The standard InChI is InChI=1S/C28H27F5N4O4S/c1-5-37(4)9-8-34-28(39)21-13(2)20(35-14(21)3)11-17-16-10-15(6-7-19(16)36-27(17)38)42(40,41)12-18-22(29)24(31)26(33)25(32)23(18)30/h6-7,10-11,35H,5,8-9,12H2,1-4H3,(H,34,39)(H,36,38)/b17-11-. The van der Waals surface area contributed by atoms with Gasteiger partial charge in [-0.2, -0.15) is 0 Å². The molecule has 0 unspecified atom stereocenters. The van der Waals surface area contributed by atoms with Crippen LogP contribution < -0.4 is 10.6 Å². The number of H-pyrrole nitrogens is 1. The summed E-state index contributed by atoms with van der Waals surface area (Å²) < 4.78 is 95.1. The van der Waals surface area contributed by atoms with Crippen molar-refractivity contribution in [3.8, 4) is 0 Å². The highest BCUT2D eigenvalue weighted by molar-refractivity contribution is 7.90. The van der Waals surface area contributed by atoms with E-state index in [2.05, 4.69) is 15.6 Å². The molecule has 2 heterocycles. The fourth-order valence-electron chi connectivity index (χ4n) is 4.56. The van der Waals surface area contributed by atoms with Crippen molar-refractivity contribution in [2.45, 2.75) is 31.4 Å². The molecule has 0 aliphatic carbocycles. The highest BCUT2D eigenvalue weighted by Gasteiger charge is 2.32. The summed E-state index contributed by atoms with van der Waals surface area (Å²) in [5.41, 5.74) is 0.769. The number of nitrogens with one attached hydrogen (secondary N) is 3. The van der Waals surface area contributed by atoms with Crippen LogP contribution in [0, 0.1) is 42.9 Å². The molecule has 0 saturated carbocycles. The van der Waals surface area contributed by atoms with Crippen LogP contribution in [0.1, 0.15) is 45.4 Å². The zero-order valence-electron chi connectivity index (χ0n) is 23.0. The van der Waals surface area contributed by atoms with E-state index in [4.69, 9.17) is 0 Å². The average Bonchev–Trinajstić information content (AvgIpc) is 3.41. The molecule has 0 fully saturated rings. The molecule has 0 bridgehead atoms. The van der Waals surface area contributed by atoms with Crippen LogP contribution in [0.15, 0.2) is 23.1 Å². The Labute approximate surface area is 238 Å². The second-order valence-corrected chi connectivity index (χ2v) is 11.8. The first-order valence-electron chi connectivity index (χ1n) is 12.7. The summed E-state index contributed by atoms with van der Waals surface area (Å²) in [5.74, 6) is -13.8. The van der Waals surface area contributed by atoms with Gasteiger partial charge in [-0.05, 0) is 57.3 Å². The van der Waals surface area contributed by atoms with Gasteiger partial charge in [0.15, 0.2) is 33.1 Å². The smallest absolute Gasteiger partial charge is 0.256 e. The average molecular weight is 611 g/mol. The Kier molecular flexibility index (Phi) is 8.60. The number of carbonyl (C=O) groups excluding carboxylic acids is 2. The third-order valence-electron chi connectivity index (χ3n) is 7.08. The zero-order valence-corrected chi connectivity index (χ0v) is 23.8. The lowest BCUT2D eigenvalue weighted by atomic mass is 10.0. The summed E-state index contributed by atoms with van der Waals surface area (Å²) in [5, 5.41) is 5.43. The monoisotopic (exact) mass is 610 g/mol. The molecule has 4 rings (SSSR count). The van der Waals surface area contributed by atoms with E-state index in [0.29, 0.717) is 35.6 Å². The van der Waals surface area contributed by atoms with E-state index in [9.17, 15) is 40.0 Å². The number of amides is 2. The fourth-order valence-corrected chi connectivity index (χ4v) is 5.94. The van der Waals surface area contributed by atoms with Crippen LogP contribution >= 0.6 is 0 Å². The topological polar surface area (TPSA) is 111 Å². The first kappa shape index (κ1) is 30.9. The van der Waals surface area contributed by atoms with Crippen LogP contribution in [0.25, 0.3) is 11.6 Å². The zero-order chi connectivity index (χ0) is 31.1. The molecule has 2 aromatic carbocycles. The maximum absolute atomic E-state index is 14.2. The summed E-state index contributed by atoms with van der Waals surface area (Å²) >= 11 is 0. The molecule has 0 atom stereocenters. The molecule has 1 aliphatic rings. The third kappa shape index (κ3) is 5.68. The number of likely N-dealkylation sites (N-methyl/N-ethyl adjacent to an activating group) is 1. The number of hydrogen-bond donors (Lipinski definition) is 3. The second-order valence-electron chi connectivity index (χ2n) is 9.84. The summed E-state index contributed by atoms with van der Waals surface area (Å²) in [6.07, 6.45) is 1.44. The third-order valence-corrected chi connectivity index (χ3v) is 8.72. The molecule has 0 radical (unpaired) electrons. The Bertz CT molecular complexity index is 1720. The molecule has 2 amide bonds. The second kappa shape index (κ2) is 11.7. The van der Waals surface area contributed by atoms with Crippen LogP contribution in [0.5, 0.6) is 0 Å². The molecular weight excluding hydrogens is 583 g/mol. The first-order chi connectivity index (χ1) is 19.7. The van der Waals surface area contributed by atoms with Gasteiger partial charge in [-0.3, -0.25) is 9.59 Å². The van der Waals surface area contributed by atoms with Crippen molar-refractivity contribution >= 4 is 39.0 Å². The molecule has 224 valence electrons. The van der Waals surface area contributed by atoms with E-state index < -0.39 is 61.0 Å². The van der Waals surface area contributed by atoms with E-state index in [1.165, 1.54) is 12.1 Å². The van der Waals surface area contributed by atoms with Gasteiger partial charge in [-0.25, -0.2) is 30.4 Å². The molecule has 1 aliphatic heterocycles. The van der Waals surface area contributed by atoms with Crippen molar-refractivity contribution in [3.63, 3.8) is 0 Å². The van der Waals surface area contributed by atoms with Crippen LogP contribution in [0.3, 0.4) is 0 Å². The van der Waals surface area contributed by atoms with Crippen LogP contribution in [-0.4, -0.2) is 56.8 Å². The van der Waals surface area contributed by atoms with Crippen molar-refractivity contribution in [2.75, 3.05) is 32.0 Å². The summed E-state index contributed by atoms with van der Waals surface area (Å²) in [4.78, 5) is 30.2. The maximum atomic E-state index is 14.2. The fraction of sp³-hybridized carbons (Fsp3) is 0.286. The molecule has 0 saturated heterocycles. The summed E-state index contributed by atoms with van der Waals surface area (Å²) in [6, 6.07) is 3.37. The number of halogens is 5. The van der Waals surface area contributed by atoms with Crippen molar-refractivity contribution in [3.05, 3.63) is 80.9 Å². The maximum Gasteiger partial charge on any atom is 0.256 e. The van der Waals surface area contributed by atoms with Gasteiger partial charge < -0.3 is 20.5 Å². The molecule has 14 heteroatoms. The molecule has 8 nitrogen and oxygen atoms in total. The highest BCUT2D eigenvalue weighted by Crippen LogP contribution is 2.36. The number of carbonyl (C=O) groups is 2. The number of rotatable bonds is 9. The van der Waals surface area contributed by atoms with Gasteiger partial charge in [0.1, 0.15) is 0 Å². The Morgan fingerprint density at radius 2 is 1.64 bits per heavy atom. The van der Waals surface area contributed by atoms with E-state index >= 15 is 0 Å². The number of aromatic amines is 1. The number of anilines is 1. The molecular formula is C28H27F5N4O4S. The first-order valence-corrected chi connectivity index (χ1v) is 14.4. The predicted octanol–water partition coefficient (Wildman–Crippen LogP) is 4.48. The van der Waals surface area contributed by atoms with Gasteiger partial charge >= 0.3 is 0 Å². The van der Waals surface area contributed by atoms with Crippen LogP contribution in [-0.2, 0) is 20.4 Å². The number of fused-ring (bicyclic) bond motifs is 1. The van der Waals surface area contributed by atoms with Gasteiger partial charge in [0, 0.05) is 41.3 Å². The number of aryl methyl sites for hydroxylation is 1. The van der Waals surface area contributed by atoms with Crippen molar-refractivity contribution in [1.29, 1.82) is 0 Å². The van der Waals surface area contributed by atoms with E-state index in [-0.39, 0.29) is 22.7 Å². The van der Waals surface area contributed by atoms with Crippen molar-refractivity contribution < 1.29 is 40.0 Å². The lowest BCUT2D eigenvalue weighted by Gasteiger charge is -2.14. The lowest BCUT2D eigenvalue weighted by molar-refractivity contribution is -0.110. The van der Waals surface area contributed by atoms with E-state index in [0.717, 1.165) is 18.7 Å². The molecule has 3 N–H and O–H groups in total. The number of hydrogen-bond acceptors (Lipinski definition) is 5. The lowest BCUT2D eigenvalue weighted by Crippen LogP contribution is -2.33. The Morgan fingerprint density at radius 3 is 2.26 bits per heavy atom. The number of sulfone groups is 1. The quantitative estimate of drug-likeness (QED) is 0.143. The number of benzene rings is 2. The Hall–Kier alpha value is -4.04. The number of nitrogens with zero attached hydrogens (tertiary/aromatic N) is 1. The molecule has 42 heavy (non-hydrogen) atoms. The molecule has 0 spiro atoms. The normalized spacial score (nSPS) is 14.0. The minimum absolute atomic E-state index is 0.0270. The molecule has 3 aromatic rings. The minimum Gasteiger partial charge on any atom is -0.358 e. The SMILES string of the molecule is CCN(C)CCNC(=O)c1c(C)[nH]c(/C=C2\C(=O)Nc3ccc(S(=O)(=O)Cc4c(F)c(F)c(F)c(F)c4F)cc32)c1C. The minimum atomic E-state index is -4.65. The van der Waals surface area contributed by atoms with Gasteiger partial charge in [0.05, 0.1) is 21.8 Å². The van der Waals surface area contributed by atoms with Gasteiger partial charge in [0.25, 0.3) is 11.8 Å². The summed E-state index contributed by atoms with van der Waals surface area (Å²) in [7, 11) is -2.73. The van der Waals surface area contributed by atoms with Gasteiger partial charge in [0.2, 0.25) is 5.82 Å². The Morgan fingerprint density at radius 1 is 1.02 bits per heavy atom. The molecule has 1 aromatic heterocycles. The van der Waals surface area contributed by atoms with Crippen molar-refractivity contribution in [1.82, 2.24) is 15.2 Å².